The van der Waals surface area contributed by atoms with Crippen LogP contribution in [0.15, 0.2) is 42.5 Å². The van der Waals surface area contributed by atoms with Gasteiger partial charge < -0.3 is 25.8 Å². The number of amides is 3. The zero-order valence-corrected chi connectivity index (χ0v) is 12.4. The van der Waals surface area contributed by atoms with E-state index < -0.39 is 17.7 Å². The highest BCUT2D eigenvalue weighted by molar-refractivity contribution is 6.43. The molecule has 0 saturated heterocycles. The van der Waals surface area contributed by atoms with Crippen LogP contribution in [0.25, 0.3) is 0 Å². The number of ether oxygens (including phenoxy) is 2. The molecule has 2 aromatic carbocycles. The average molecular weight is 327 g/mol. The van der Waals surface area contributed by atoms with Crippen molar-refractivity contribution < 1.29 is 23.9 Å². The van der Waals surface area contributed by atoms with E-state index in [1.807, 2.05) is 0 Å². The molecule has 0 spiro atoms. The molecule has 1 aliphatic heterocycles. The van der Waals surface area contributed by atoms with E-state index in [1.165, 1.54) is 24.3 Å². The second-order valence-corrected chi connectivity index (χ2v) is 4.92. The van der Waals surface area contributed by atoms with Crippen molar-refractivity contribution in [3.05, 3.63) is 48.0 Å². The summed E-state index contributed by atoms with van der Waals surface area (Å²) in [5, 5.41) is 4.88. The largest absolute Gasteiger partial charge is 0.454 e. The van der Waals surface area contributed by atoms with Gasteiger partial charge in [-0.2, -0.15) is 0 Å². The Morgan fingerprint density at radius 3 is 2.08 bits per heavy atom. The summed E-state index contributed by atoms with van der Waals surface area (Å²) in [7, 11) is 0. The number of rotatable bonds is 3. The number of primary amides is 1. The molecule has 0 atom stereocenters. The molecule has 1 aliphatic rings. The van der Waals surface area contributed by atoms with E-state index in [9.17, 15) is 14.4 Å². The van der Waals surface area contributed by atoms with Crippen molar-refractivity contribution in [2.75, 3.05) is 17.4 Å². The van der Waals surface area contributed by atoms with Gasteiger partial charge in [0.2, 0.25) is 12.7 Å². The number of hydrogen-bond donors (Lipinski definition) is 3. The summed E-state index contributed by atoms with van der Waals surface area (Å²) in [5.41, 5.74) is 6.20. The van der Waals surface area contributed by atoms with Gasteiger partial charge in [-0.25, -0.2) is 0 Å². The van der Waals surface area contributed by atoms with E-state index in [0.717, 1.165) is 0 Å². The van der Waals surface area contributed by atoms with E-state index in [0.29, 0.717) is 28.4 Å². The molecule has 0 aromatic heterocycles. The first-order valence-corrected chi connectivity index (χ1v) is 6.95. The lowest BCUT2D eigenvalue weighted by Crippen LogP contribution is -2.29. The summed E-state index contributed by atoms with van der Waals surface area (Å²) in [6, 6.07) is 10.7. The molecule has 122 valence electrons. The molecule has 4 N–H and O–H groups in total. The third-order valence-corrected chi connectivity index (χ3v) is 3.26. The Labute approximate surface area is 136 Å². The van der Waals surface area contributed by atoms with Gasteiger partial charge in [0.1, 0.15) is 0 Å². The number of anilines is 2. The molecule has 0 unspecified atom stereocenters. The molecule has 24 heavy (non-hydrogen) atoms. The molecule has 0 bridgehead atoms. The van der Waals surface area contributed by atoms with Crippen molar-refractivity contribution >= 4 is 29.1 Å². The van der Waals surface area contributed by atoms with Crippen LogP contribution in [0.3, 0.4) is 0 Å². The topological polar surface area (TPSA) is 120 Å². The van der Waals surface area contributed by atoms with E-state index >= 15 is 0 Å². The summed E-state index contributed by atoms with van der Waals surface area (Å²) >= 11 is 0. The zero-order chi connectivity index (χ0) is 17.1. The average Bonchev–Trinajstić information content (AvgIpc) is 3.03. The number of carbonyl (C=O) groups excluding carboxylic acids is 3. The van der Waals surface area contributed by atoms with Gasteiger partial charge in [0.05, 0.1) is 0 Å². The lowest BCUT2D eigenvalue weighted by molar-refractivity contribution is -0.132. The van der Waals surface area contributed by atoms with Gasteiger partial charge in [-0.3, -0.25) is 14.4 Å². The van der Waals surface area contributed by atoms with Crippen LogP contribution in [-0.4, -0.2) is 24.5 Å². The summed E-state index contributed by atoms with van der Waals surface area (Å²) in [6.07, 6.45) is 0. The predicted molar refractivity (Wildman–Crippen MR) is 84.8 cm³/mol. The van der Waals surface area contributed by atoms with Gasteiger partial charge in [-0.05, 0) is 36.4 Å². The molecular weight excluding hydrogens is 314 g/mol. The molecule has 3 rings (SSSR count). The summed E-state index contributed by atoms with van der Waals surface area (Å²) in [4.78, 5) is 34.8. The molecule has 2 aromatic rings. The quantitative estimate of drug-likeness (QED) is 0.729. The lowest BCUT2D eigenvalue weighted by Gasteiger charge is -2.07. The lowest BCUT2D eigenvalue weighted by atomic mass is 10.2. The van der Waals surface area contributed by atoms with Gasteiger partial charge in [-0.15, -0.1) is 0 Å². The third kappa shape index (κ3) is 3.27. The highest BCUT2D eigenvalue weighted by Gasteiger charge is 2.17. The predicted octanol–water partition coefficient (Wildman–Crippen LogP) is 1.09. The molecule has 0 fully saturated rings. The van der Waals surface area contributed by atoms with Crippen LogP contribution in [0.5, 0.6) is 11.5 Å². The van der Waals surface area contributed by atoms with E-state index in [1.54, 1.807) is 18.2 Å². The summed E-state index contributed by atoms with van der Waals surface area (Å²) in [6.45, 7) is 0.120. The second kappa shape index (κ2) is 6.29. The molecule has 0 saturated carbocycles. The van der Waals surface area contributed by atoms with Gasteiger partial charge in [-0.1, -0.05) is 0 Å². The Hall–Kier alpha value is -3.55. The van der Waals surface area contributed by atoms with Crippen molar-refractivity contribution in [2.45, 2.75) is 0 Å². The fourth-order valence-corrected chi connectivity index (χ4v) is 2.07. The van der Waals surface area contributed by atoms with Crippen molar-refractivity contribution in [3.63, 3.8) is 0 Å². The zero-order valence-electron chi connectivity index (χ0n) is 12.4. The van der Waals surface area contributed by atoms with Crippen LogP contribution in [0.2, 0.25) is 0 Å². The van der Waals surface area contributed by atoms with E-state index in [2.05, 4.69) is 10.6 Å². The van der Waals surface area contributed by atoms with Crippen molar-refractivity contribution in [1.29, 1.82) is 0 Å². The standard InChI is InChI=1S/C16H13N3O5/c17-14(20)9-1-3-10(4-2-9)18-15(21)16(22)19-11-5-6-12-13(7-11)24-8-23-12/h1-7H,8H2,(H2,17,20)(H,18,21)(H,19,22). The molecule has 3 amide bonds. The monoisotopic (exact) mass is 327 g/mol. The Morgan fingerprint density at radius 2 is 1.42 bits per heavy atom. The van der Waals surface area contributed by atoms with Gasteiger partial charge in [0.15, 0.2) is 11.5 Å². The first kappa shape index (κ1) is 15.3. The highest BCUT2D eigenvalue weighted by atomic mass is 16.7. The normalized spacial score (nSPS) is 11.7. The number of nitrogens with one attached hydrogen (secondary N) is 2. The number of carbonyl (C=O) groups is 3. The summed E-state index contributed by atoms with van der Waals surface area (Å²) in [5.74, 6) is -1.19. The van der Waals surface area contributed by atoms with E-state index in [4.69, 9.17) is 15.2 Å². The molecular formula is C16H13N3O5. The Morgan fingerprint density at radius 1 is 0.833 bits per heavy atom. The van der Waals surface area contributed by atoms with Crippen LogP contribution < -0.4 is 25.8 Å². The first-order valence-electron chi connectivity index (χ1n) is 6.95. The minimum atomic E-state index is -0.848. The number of nitrogens with two attached hydrogens (primary N) is 1. The maximum atomic E-state index is 11.9. The maximum absolute atomic E-state index is 11.9. The first-order chi connectivity index (χ1) is 11.5. The third-order valence-electron chi connectivity index (χ3n) is 3.26. The molecule has 1 heterocycles. The Bertz CT molecular complexity index is 817. The fraction of sp³-hybridized carbons (Fsp3) is 0.0625. The van der Waals surface area contributed by atoms with Gasteiger partial charge >= 0.3 is 11.8 Å². The van der Waals surface area contributed by atoms with Gasteiger partial charge in [0, 0.05) is 23.0 Å². The SMILES string of the molecule is NC(=O)c1ccc(NC(=O)C(=O)Nc2ccc3c(c2)OCO3)cc1. The van der Waals surface area contributed by atoms with Crippen LogP contribution in [0, 0.1) is 0 Å². The molecule has 0 radical (unpaired) electrons. The van der Waals surface area contributed by atoms with Crippen LogP contribution in [0.1, 0.15) is 10.4 Å². The number of benzene rings is 2. The van der Waals surface area contributed by atoms with E-state index in [-0.39, 0.29) is 6.79 Å². The smallest absolute Gasteiger partial charge is 0.314 e. The van der Waals surface area contributed by atoms with Crippen molar-refractivity contribution in [3.8, 4) is 11.5 Å². The maximum Gasteiger partial charge on any atom is 0.314 e. The molecule has 8 heteroatoms. The Balaban J connectivity index is 1.62. The Kier molecular flexibility index (Phi) is 4.02. The molecule has 0 aliphatic carbocycles. The highest BCUT2D eigenvalue weighted by Crippen LogP contribution is 2.34. The number of fused-ring (bicyclic) bond motifs is 1. The molecule has 8 nitrogen and oxygen atoms in total. The van der Waals surface area contributed by atoms with Crippen molar-refractivity contribution in [1.82, 2.24) is 0 Å². The van der Waals surface area contributed by atoms with Crippen LogP contribution in [0.4, 0.5) is 11.4 Å². The van der Waals surface area contributed by atoms with Crippen LogP contribution in [-0.2, 0) is 9.59 Å². The summed E-state index contributed by atoms with van der Waals surface area (Å²) < 4.78 is 10.4. The minimum Gasteiger partial charge on any atom is -0.454 e. The minimum absolute atomic E-state index is 0.120. The van der Waals surface area contributed by atoms with Crippen molar-refractivity contribution in [2.24, 2.45) is 5.73 Å². The second-order valence-electron chi connectivity index (χ2n) is 4.92. The number of hydrogen-bond acceptors (Lipinski definition) is 5. The fourth-order valence-electron chi connectivity index (χ4n) is 2.07. The van der Waals surface area contributed by atoms with Gasteiger partial charge in [0.25, 0.3) is 0 Å². The van der Waals surface area contributed by atoms with Crippen LogP contribution >= 0.6 is 0 Å².